The number of hydrogen-bond donors (Lipinski definition) is 1. The fourth-order valence-corrected chi connectivity index (χ4v) is 4.09. The molecule has 0 aromatic heterocycles. The standard InChI is InChI=1S/C20H29FN2O3/c21-17-2-4-18(5-3-17)26-15-1-10-22-11-8-20(9-12-22)7-6-19(25)23(16-20)13-14-24/h2-5,24H,1,6-16H2. The van der Waals surface area contributed by atoms with Crippen LogP contribution in [-0.2, 0) is 4.79 Å². The van der Waals surface area contributed by atoms with Crippen LogP contribution in [0.1, 0.15) is 32.1 Å². The van der Waals surface area contributed by atoms with E-state index >= 15 is 0 Å². The van der Waals surface area contributed by atoms with Gasteiger partial charge in [-0.15, -0.1) is 0 Å². The average Bonchev–Trinajstić information content (AvgIpc) is 2.65. The lowest BCUT2D eigenvalue weighted by Crippen LogP contribution is -2.52. The fourth-order valence-electron chi connectivity index (χ4n) is 4.09. The molecule has 0 radical (unpaired) electrons. The molecule has 1 N–H and O–H groups in total. The van der Waals surface area contributed by atoms with Crippen LogP contribution in [-0.4, -0.2) is 66.8 Å². The highest BCUT2D eigenvalue weighted by Gasteiger charge is 2.40. The quantitative estimate of drug-likeness (QED) is 0.755. The Bertz CT molecular complexity index is 585. The van der Waals surface area contributed by atoms with Gasteiger partial charge in [0.2, 0.25) is 5.91 Å². The second-order valence-electron chi connectivity index (χ2n) is 7.54. The number of benzene rings is 1. The molecule has 0 aliphatic carbocycles. The molecule has 0 bridgehead atoms. The Morgan fingerprint density at radius 2 is 1.85 bits per heavy atom. The molecule has 1 spiro atoms. The molecule has 2 heterocycles. The summed E-state index contributed by atoms with van der Waals surface area (Å²) < 4.78 is 18.5. The van der Waals surface area contributed by atoms with Crippen molar-refractivity contribution in [1.82, 2.24) is 9.80 Å². The highest BCUT2D eigenvalue weighted by Crippen LogP contribution is 2.40. The van der Waals surface area contributed by atoms with Crippen molar-refractivity contribution in [3.8, 4) is 5.75 Å². The van der Waals surface area contributed by atoms with Gasteiger partial charge in [-0.1, -0.05) is 0 Å². The van der Waals surface area contributed by atoms with Gasteiger partial charge in [0, 0.05) is 26.1 Å². The van der Waals surface area contributed by atoms with Crippen LogP contribution in [0.15, 0.2) is 24.3 Å². The molecule has 5 nitrogen and oxygen atoms in total. The number of rotatable bonds is 7. The summed E-state index contributed by atoms with van der Waals surface area (Å²) in [5, 5.41) is 9.15. The minimum absolute atomic E-state index is 0.0437. The first-order chi connectivity index (χ1) is 12.6. The minimum atomic E-state index is -0.249. The molecule has 1 amide bonds. The summed E-state index contributed by atoms with van der Waals surface area (Å²) in [7, 11) is 0. The molecule has 2 aliphatic rings. The van der Waals surface area contributed by atoms with E-state index in [-0.39, 0.29) is 23.7 Å². The molecule has 6 heteroatoms. The lowest BCUT2D eigenvalue weighted by molar-refractivity contribution is -0.139. The third-order valence-corrected chi connectivity index (χ3v) is 5.74. The second-order valence-corrected chi connectivity index (χ2v) is 7.54. The number of halogens is 1. The Hall–Kier alpha value is -1.66. The minimum Gasteiger partial charge on any atom is -0.494 e. The fraction of sp³-hybridized carbons (Fsp3) is 0.650. The number of aliphatic hydroxyl groups is 1. The van der Waals surface area contributed by atoms with E-state index in [1.165, 1.54) is 12.1 Å². The first-order valence-corrected chi connectivity index (χ1v) is 9.60. The number of likely N-dealkylation sites (tertiary alicyclic amines) is 2. The Balaban J connectivity index is 1.37. The van der Waals surface area contributed by atoms with Crippen molar-refractivity contribution in [2.45, 2.75) is 32.1 Å². The predicted octanol–water partition coefficient (Wildman–Crippen LogP) is 2.29. The number of aliphatic hydroxyl groups excluding tert-OH is 1. The first kappa shape index (κ1) is 19.1. The molecule has 3 rings (SSSR count). The summed E-state index contributed by atoms with van der Waals surface area (Å²) in [5.41, 5.74) is 0.240. The number of hydrogen-bond acceptors (Lipinski definition) is 4. The number of carbonyl (C=O) groups is 1. The summed E-state index contributed by atoms with van der Waals surface area (Å²) >= 11 is 0. The van der Waals surface area contributed by atoms with E-state index < -0.39 is 0 Å². The molecule has 0 saturated carbocycles. The Kier molecular flexibility index (Phi) is 6.48. The van der Waals surface area contributed by atoms with Gasteiger partial charge in [-0.2, -0.15) is 0 Å². The summed E-state index contributed by atoms with van der Waals surface area (Å²) in [6.45, 7) is 5.04. The van der Waals surface area contributed by atoms with Crippen molar-refractivity contribution in [3.63, 3.8) is 0 Å². The predicted molar refractivity (Wildman–Crippen MR) is 97.5 cm³/mol. The smallest absolute Gasteiger partial charge is 0.222 e. The molecule has 0 atom stereocenters. The van der Waals surface area contributed by atoms with Crippen LogP contribution in [0, 0.1) is 11.2 Å². The van der Waals surface area contributed by atoms with Crippen LogP contribution in [0.5, 0.6) is 5.75 Å². The molecule has 0 unspecified atom stereocenters. The monoisotopic (exact) mass is 364 g/mol. The molecule has 2 aliphatic heterocycles. The van der Waals surface area contributed by atoms with Gasteiger partial charge in [0.15, 0.2) is 0 Å². The molecular formula is C20H29FN2O3. The number of amides is 1. The first-order valence-electron chi connectivity index (χ1n) is 9.60. The zero-order chi connectivity index (χ0) is 18.4. The van der Waals surface area contributed by atoms with E-state index in [4.69, 9.17) is 9.84 Å². The van der Waals surface area contributed by atoms with Crippen LogP contribution in [0.25, 0.3) is 0 Å². The summed E-state index contributed by atoms with van der Waals surface area (Å²) in [5.74, 6) is 0.645. The third kappa shape index (κ3) is 4.95. The van der Waals surface area contributed by atoms with Crippen LogP contribution < -0.4 is 4.74 Å². The zero-order valence-electron chi connectivity index (χ0n) is 15.3. The third-order valence-electron chi connectivity index (χ3n) is 5.74. The van der Waals surface area contributed by atoms with Crippen molar-refractivity contribution in [3.05, 3.63) is 30.1 Å². The summed E-state index contributed by atoms with van der Waals surface area (Å²) in [4.78, 5) is 16.3. The normalized spacial score (nSPS) is 20.5. The van der Waals surface area contributed by atoms with Crippen LogP contribution in [0.4, 0.5) is 4.39 Å². The van der Waals surface area contributed by atoms with Gasteiger partial charge in [0.1, 0.15) is 11.6 Å². The number of ether oxygens (including phenoxy) is 1. The van der Waals surface area contributed by atoms with Crippen molar-refractivity contribution >= 4 is 5.91 Å². The molecular weight excluding hydrogens is 335 g/mol. The topological polar surface area (TPSA) is 53.0 Å². The van der Waals surface area contributed by atoms with Gasteiger partial charge < -0.3 is 19.6 Å². The lowest BCUT2D eigenvalue weighted by atomic mass is 9.72. The highest BCUT2D eigenvalue weighted by atomic mass is 19.1. The molecule has 2 saturated heterocycles. The van der Waals surface area contributed by atoms with Crippen molar-refractivity contribution in [2.75, 3.05) is 45.9 Å². The Morgan fingerprint density at radius 3 is 2.54 bits per heavy atom. The largest absolute Gasteiger partial charge is 0.494 e. The Labute approximate surface area is 154 Å². The van der Waals surface area contributed by atoms with E-state index in [1.54, 1.807) is 12.1 Å². The highest BCUT2D eigenvalue weighted by molar-refractivity contribution is 5.77. The second kappa shape index (κ2) is 8.82. The number of β-amino-alcohol motifs (C(OH)–C–C–N with tert-alkyl or cyclic N) is 1. The van der Waals surface area contributed by atoms with Gasteiger partial charge in [0.25, 0.3) is 0 Å². The van der Waals surface area contributed by atoms with E-state index in [0.717, 1.165) is 51.9 Å². The molecule has 144 valence electrons. The number of carbonyl (C=O) groups excluding carboxylic acids is 1. The zero-order valence-corrected chi connectivity index (χ0v) is 15.3. The van der Waals surface area contributed by atoms with Crippen LogP contribution >= 0.6 is 0 Å². The van der Waals surface area contributed by atoms with E-state index in [2.05, 4.69) is 4.90 Å². The maximum absolute atomic E-state index is 12.9. The SMILES string of the molecule is O=C1CCC2(CCN(CCCOc3ccc(F)cc3)CC2)CN1CCO. The van der Waals surface area contributed by atoms with Crippen molar-refractivity contribution in [1.29, 1.82) is 0 Å². The molecule has 26 heavy (non-hydrogen) atoms. The van der Waals surface area contributed by atoms with Crippen LogP contribution in [0.3, 0.4) is 0 Å². The maximum atomic E-state index is 12.9. The van der Waals surface area contributed by atoms with Gasteiger partial charge in [-0.25, -0.2) is 4.39 Å². The van der Waals surface area contributed by atoms with Gasteiger partial charge in [-0.05, 0) is 68.5 Å². The van der Waals surface area contributed by atoms with E-state index in [1.807, 2.05) is 4.90 Å². The van der Waals surface area contributed by atoms with Gasteiger partial charge >= 0.3 is 0 Å². The van der Waals surface area contributed by atoms with Crippen LogP contribution in [0.2, 0.25) is 0 Å². The van der Waals surface area contributed by atoms with E-state index in [9.17, 15) is 9.18 Å². The summed E-state index contributed by atoms with van der Waals surface area (Å²) in [6.07, 6.45) is 4.77. The number of piperidine rings is 2. The molecule has 2 fully saturated rings. The summed E-state index contributed by atoms with van der Waals surface area (Å²) in [6, 6.07) is 6.13. The molecule has 1 aromatic carbocycles. The lowest BCUT2D eigenvalue weighted by Gasteiger charge is -2.47. The average molecular weight is 364 g/mol. The maximum Gasteiger partial charge on any atom is 0.222 e. The Morgan fingerprint density at radius 1 is 1.12 bits per heavy atom. The van der Waals surface area contributed by atoms with E-state index in [0.29, 0.717) is 25.3 Å². The van der Waals surface area contributed by atoms with Crippen molar-refractivity contribution < 1.29 is 19.0 Å². The van der Waals surface area contributed by atoms with Gasteiger partial charge in [-0.3, -0.25) is 4.79 Å². The van der Waals surface area contributed by atoms with Gasteiger partial charge in [0.05, 0.1) is 13.2 Å². The number of nitrogens with zero attached hydrogens (tertiary/aromatic N) is 2. The molecule has 1 aromatic rings. The van der Waals surface area contributed by atoms with Crippen molar-refractivity contribution in [2.24, 2.45) is 5.41 Å².